The lowest BCUT2D eigenvalue weighted by Gasteiger charge is -2.25. The zero-order valence-corrected chi connectivity index (χ0v) is 26.7. The average molecular weight is 633 g/mol. The average Bonchev–Trinajstić information content (AvgIpc) is 3.86. The minimum Gasteiger partial charge on any atom is -0.448 e. The summed E-state index contributed by atoms with van der Waals surface area (Å²) < 4.78 is 18.7. The molecule has 4 nitrogen and oxygen atoms in total. The minimum absolute atomic E-state index is 0.813. The van der Waals surface area contributed by atoms with E-state index in [-0.39, 0.29) is 0 Å². The lowest BCUT2D eigenvalue weighted by atomic mass is 9.92. The van der Waals surface area contributed by atoms with Gasteiger partial charge in [0.15, 0.2) is 0 Å². The summed E-state index contributed by atoms with van der Waals surface area (Å²) in [4.78, 5) is 0. The van der Waals surface area contributed by atoms with Gasteiger partial charge in [0.25, 0.3) is 0 Å². The Bertz CT molecular complexity index is 2060. The van der Waals surface area contributed by atoms with Crippen molar-refractivity contribution in [3.63, 3.8) is 0 Å². The van der Waals surface area contributed by atoms with Gasteiger partial charge in [0.2, 0.25) is 16.6 Å². The Morgan fingerprint density at radius 3 is 1.13 bits per heavy atom. The number of aromatic nitrogens is 2. The first-order valence-corrected chi connectivity index (χ1v) is 17.6. The monoisotopic (exact) mass is 632 g/mol. The molecule has 46 heavy (non-hydrogen) atoms. The van der Waals surface area contributed by atoms with E-state index in [9.17, 15) is 0 Å². The van der Waals surface area contributed by atoms with Gasteiger partial charge in [0.05, 0.1) is 0 Å². The molecule has 0 aliphatic carbocycles. The highest BCUT2D eigenvalue weighted by atomic mass is 31.2. The first kappa shape index (κ1) is 28.3. The third-order valence-electron chi connectivity index (χ3n) is 7.95. The lowest BCUT2D eigenvalue weighted by molar-refractivity contribution is 0.607. The second-order valence-electron chi connectivity index (χ2n) is 10.8. The van der Waals surface area contributed by atoms with Gasteiger partial charge >= 0.3 is 0 Å². The Kier molecular flexibility index (Phi) is 7.82. The van der Waals surface area contributed by atoms with Crippen LogP contribution < -0.4 is 19.7 Å². The molecule has 0 fully saturated rings. The maximum atomic E-state index is 7.18. The molecule has 8 rings (SSSR count). The van der Waals surface area contributed by atoms with E-state index in [4.69, 9.17) is 9.05 Å². The first-order valence-electron chi connectivity index (χ1n) is 15.2. The Morgan fingerprint density at radius 2 is 0.717 bits per heavy atom. The fourth-order valence-electron chi connectivity index (χ4n) is 5.83. The molecule has 2 aromatic heterocycles. The summed E-state index contributed by atoms with van der Waals surface area (Å²) in [6, 6.07) is 54.8. The molecular weight excluding hydrogens is 602 g/mol. The van der Waals surface area contributed by atoms with E-state index in [1.165, 1.54) is 0 Å². The predicted molar refractivity (Wildman–Crippen MR) is 194 cm³/mol. The smallest absolute Gasteiger partial charge is 0.229 e. The predicted octanol–water partition coefficient (Wildman–Crippen LogP) is 10.4. The van der Waals surface area contributed by atoms with Crippen molar-refractivity contribution >= 4 is 48.8 Å². The fourth-order valence-corrected chi connectivity index (χ4v) is 9.08. The van der Waals surface area contributed by atoms with Crippen LogP contribution in [0.1, 0.15) is 0 Å². The molecule has 0 radical (unpaired) electrons. The maximum absolute atomic E-state index is 7.18. The van der Waals surface area contributed by atoms with E-state index >= 15 is 0 Å². The van der Waals surface area contributed by atoms with Crippen LogP contribution in [0.5, 0.6) is 11.5 Å². The largest absolute Gasteiger partial charge is 0.448 e. The van der Waals surface area contributed by atoms with Gasteiger partial charge in [-0.15, -0.1) is 0 Å². The second-order valence-corrected chi connectivity index (χ2v) is 14.3. The second kappa shape index (κ2) is 12.7. The number of fused-ring (bicyclic) bond motifs is 2. The molecule has 0 amide bonds. The van der Waals surface area contributed by atoms with E-state index in [0.29, 0.717) is 0 Å². The molecule has 0 aliphatic rings. The van der Waals surface area contributed by atoms with E-state index in [1.54, 1.807) is 0 Å². The summed E-state index contributed by atoms with van der Waals surface area (Å²) in [5.74, 6) is 1.63. The van der Waals surface area contributed by atoms with Crippen LogP contribution in [0.2, 0.25) is 0 Å². The molecule has 0 aliphatic heterocycles. The van der Waals surface area contributed by atoms with Gasteiger partial charge < -0.3 is 9.05 Å². The Balaban J connectivity index is 1.37. The van der Waals surface area contributed by atoms with Gasteiger partial charge in [0.1, 0.15) is 11.5 Å². The summed E-state index contributed by atoms with van der Waals surface area (Å²) >= 11 is 0. The van der Waals surface area contributed by atoms with E-state index in [2.05, 4.69) is 155 Å². The lowest BCUT2D eigenvalue weighted by Crippen LogP contribution is -2.11. The zero-order valence-electron chi connectivity index (χ0n) is 24.9. The summed E-state index contributed by atoms with van der Waals surface area (Å²) in [6.45, 7) is 0. The highest BCUT2D eigenvalue weighted by Gasteiger charge is 2.25. The maximum Gasteiger partial charge on any atom is 0.229 e. The van der Waals surface area contributed by atoms with Crippen LogP contribution in [0, 0.1) is 0 Å². The molecule has 0 saturated carbocycles. The highest BCUT2D eigenvalue weighted by molar-refractivity contribution is 7.60. The van der Waals surface area contributed by atoms with Crippen LogP contribution in [0.25, 0.3) is 32.7 Å². The number of benzene rings is 6. The SMILES string of the molecule is c1ccc(P(Oc2ccc3ccccc3c2-c2c(OP(c3ccccc3)n3cccc3)ccc3ccccc23)n2cccc2)cc1. The van der Waals surface area contributed by atoms with Crippen molar-refractivity contribution in [3.8, 4) is 22.6 Å². The summed E-state index contributed by atoms with van der Waals surface area (Å²) in [7, 11) is -2.42. The van der Waals surface area contributed by atoms with Crippen molar-refractivity contribution in [2.45, 2.75) is 0 Å². The highest BCUT2D eigenvalue weighted by Crippen LogP contribution is 2.52. The molecule has 2 atom stereocenters. The van der Waals surface area contributed by atoms with Crippen molar-refractivity contribution in [2.24, 2.45) is 0 Å². The topological polar surface area (TPSA) is 28.3 Å². The van der Waals surface area contributed by atoms with Crippen LogP contribution in [0.15, 0.2) is 183 Å². The number of rotatable bonds is 9. The quantitative estimate of drug-likeness (QED) is 0.148. The first-order chi connectivity index (χ1) is 22.8. The molecule has 8 aromatic rings. The van der Waals surface area contributed by atoms with Crippen LogP contribution in [-0.4, -0.2) is 8.68 Å². The van der Waals surface area contributed by atoms with E-state index in [0.717, 1.165) is 54.8 Å². The number of nitrogens with zero attached hydrogens (tertiary/aromatic N) is 2. The van der Waals surface area contributed by atoms with Crippen molar-refractivity contribution in [1.29, 1.82) is 0 Å². The summed E-state index contributed by atoms with van der Waals surface area (Å²) in [5.41, 5.74) is 2.05. The molecule has 0 bridgehead atoms. The van der Waals surface area contributed by atoms with Gasteiger partial charge in [-0.3, -0.25) is 8.68 Å². The Hall–Kier alpha value is -5.14. The molecule has 222 valence electrons. The molecule has 0 spiro atoms. The van der Waals surface area contributed by atoms with Gasteiger partial charge in [-0.1, -0.05) is 97.1 Å². The van der Waals surface area contributed by atoms with Crippen molar-refractivity contribution in [1.82, 2.24) is 8.68 Å². The summed E-state index contributed by atoms with van der Waals surface area (Å²) in [5, 5.41) is 6.77. The molecule has 0 N–H and O–H groups in total. The molecule has 2 unspecified atom stereocenters. The van der Waals surface area contributed by atoms with E-state index < -0.39 is 16.6 Å². The molecular formula is C40H30N2O2P2. The van der Waals surface area contributed by atoms with Gasteiger partial charge in [-0.05, 0) is 82.2 Å². The van der Waals surface area contributed by atoms with Crippen LogP contribution in [-0.2, 0) is 0 Å². The standard InChI is InChI=1S/C40H30N2O2P2/c1-3-17-33(18-4-1)45(41-27-11-12-28-41)43-37-25-23-31-15-7-9-21-35(31)39(37)40-36-22-10-8-16-32(36)24-26-38(40)44-46(42-29-13-14-30-42)34-19-5-2-6-20-34/h1-30H. The van der Waals surface area contributed by atoms with Gasteiger partial charge in [-0.25, -0.2) is 0 Å². The van der Waals surface area contributed by atoms with Gasteiger partial charge in [0, 0.05) is 46.5 Å². The minimum atomic E-state index is -1.21. The molecule has 6 heteroatoms. The molecule has 0 saturated heterocycles. The van der Waals surface area contributed by atoms with Crippen molar-refractivity contribution in [2.75, 3.05) is 0 Å². The van der Waals surface area contributed by atoms with Crippen molar-refractivity contribution < 1.29 is 9.05 Å². The van der Waals surface area contributed by atoms with Crippen LogP contribution in [0.4, 0.5) is 0 Å². The number of hydrogen-bond donors (Lipinski definition) is 0. The normalized spacial score (nSPS) is 12.6. The zero-order chi connectivity index (χ0) is 30.7. The Morgan fingerprint density at radius 1 is 0.348 bits per heavy atom. The number of hydrogen-bond acceptors (Lipinski definition) is 2. The van der Waals surface area contributed by atoms with Gasteiger partial charge in [-0.2, -0.15) is 0 Å². The van der Waals surface area contributed by atoms with Crippen molar-refractivity contribution in [3.05, 3.63) is 183 Å². The third-order valence-corrected chi connectivity index (χ3v) is 11.5. The molecule has 2 heterocycles. The van der Waals surface area contributed by atoms with Crippen LogP contribution in [0.3, 0.4) is 0 Å². The molecule has 6 aromatic carbocycles. The van der Waals surface area contributed by atoms with E-state index in [1.807, 2.05) is 36.4 Å². The Labute approximate surface area is 270 Å². The fraction of sp³-hybridized carbons (Fsp3) is 0. The summed E-state index contributed by atoms with van der Waals surface area (Å²) in [6.07, 6.45) is 8.32. The third kappa shape index (κ3) is 5.48. The van der Waals surface area contributed by atoms with Crippen LogP contribution >= 0.6 is 16.6 Å².